The molecule has 0 fully saturated rings. The minimum Gasteiger partial charge on any atom is -0.399 e. The predicted molar refractivity (Wildman–Crippen MR) is 78.5 cm³/mol. The molecule has 2 rings (SSSR count). The zero-order valence-electron chi connectivity index (χ0n) is 11.1. The number of nitrogens with two attached hydrogens (primary N) is 1. The Labute approximate surface area is 121 Å². The van der Waals surface area contributed by atoms with E-state index in [0.29, 0.717) is 0 Å². The number of benzene rings is 1. The summed E-state index contributed by atoms with van der Waals surface area (Å²) in [6.45, 7) is 2.18. The molecule has 1 aromatic heterocycles. The summed E-state index contributed by atoms with van der Waals surface area (Å²) in [5.41, 5.74) is 6.62. The van der Waals surface area contributed by atoms with Crippen molar-refractivity contribution in [2.24, 2.45) is 0 Å². The molecule has 0 aliphatic heterocycles. The Kier molecular flexibility index (Phi) is 4.12. The van der Waals surface area contributed by atoms with E-state index in [1.54, 1.807) is 0 Å². The largest absolute Gasteiger partial charge is 0.399 e. The third-order valence-corrected chi connectivity index (χ3v) is 5.73. The molecule has 0 aliphatic rings. The topological polar surface area (TPSA) is 63.4 Å². The van der Waals surface area contributed by atoms with E-state index in [1.807, 2.05) is 18.4 Å². The van der Waals surface area contributed by atoms with Crippen molar-refractivity contribution < 1.29 is 12.8 Å². The second-order valence-electron chi connectivity index (χ2n) is 4.51. The van der Waals surface area contributed by atoms with Gasteiger partial charge in [0.05, 0.1) is 4.90 Å². The third-order valence-electron chi connectivity index (χ3n) is 2.94. The van der Waals surface area contributed by atoms with E-state index in [0.717, 1.165) is 22.6 Å². The normalized spacial score (nSPS) is 12.0. The lowest BCUT2D eigenvalue weighted by atomic mass is 10.3. The van der Waals surface area contributed by atoms with Crippen LogP contribution in [-0.4, -0.2) is 19.8 Å². The van der Waals surface area contributed by atoms with Crippen molar-refractivity contribution in [3.63, 3.8) is 0 Å². The highest BCUT2D eigenvalue weighted by atomic mass is 32.2. The Morgan fingerprint density at radius 2 is 2.05 bits per heavy atom. The molecular formula is C13H15FN2O2S2. The smallest absolute Gasteiger partial charge is 0.243 e. The molecule has 108 valence electrons. The summed E-state index contributed by atoms with van der Waals surface area (Å²) >= 11 is 1.49. The van der Waals surface area contributed by atoms with Gasteiger partial charge in [-0.1, -0.05) is 0 Å². The minimum atomic E-state index is -3.76. The van der Waals surface area contributed by atoms with E-state index in [1.165, 1.54) is 28.8 Å². The van der Waals surface area contributed by atoms with Gasteiger partial charge in [0, 0.05) is 24.2 Å². The van der Waals surface area contributed by atoms with Gasteiger partial charge >= 0.3 is 0 Å². The van der Waals surface area contributed by atoms with Crippen molar-refractivity contribution in [3.05, 3.63) is 45.9 Å². The van der Waals surface area contributed by atoms with Gasteiger partial charge in [0.2, 0.25) is 10.0 Å². The van der Waals surface area contributed by atoms with Crippen LogP contribution in [0.25, 0.3) is 0 Å². The summed E-state index contributed by atoms with van der Waals surface area (Å²) in [6, 6.07) is 5.25. The Balaban J connectivity index is 2.32. The van der Waals surface area contributed by atoms with Crippen LogP contribution in [0.4, 0.5) is 10.1 Å². The lowest BCUT2D eigenvalue weighted by Gasteiger charge is -2.17. The number of hydrogen-bond acceptors (Lipinski definition) is 4. The summed E-state index contributed by atoms with van der Waals surface area (Å²) in [5, 5.41) is 1.91. The molecule has 20 heavy (non-hydrogen) atoms. The molecule has 4 nitrogen and oxygen atoms in total. The van der Waals surface area contributed by atoms with Gasteiger partial charge in [-0.3, -0.25) is 0 Å². The highest BCUT2D eigenvalue weighted by Crippen LogP contribution is 2.23. The van der Waals surface area contributed by atoms with Gasteiger partial charge in [-0.15, -0.1) is 11.3 Å². The fourth-order valence-corrected chi connectivity index (χ4v) is 4.01. The van der Waals surface area contributed by atoms with Crippen LogP contribution in [0.5, 0.6) is 0 Å². The van der Waals surface area contributed by atoms with E-state index >= 15 is 0 Å². The predicted octanol–water partition coefficient (Wildman–Crippen LogP) is 2.60. The maximum Gasteiger partial charge on any atom is 0.243 e. The number of rotatable bonds is 4. The summed E-state index contributed by atoms with van der Waals surface area (Å²) in [5.74, 6) is -0.663. The molecule has 0 amide bonds. The minimum absolute atomic E-state index is 0.0873. The van der Waals surface area contributed by atoms with Crippen LogP contribution in [0.15, 0.2) is 34.5 Å². The summed E-state index contributed by atoms with van der Waals surface area (Å²) in [6.07, 6.45) is 0. The first kappa shape index (κ1) is 15.0. The van der Waals surface area contributed by atoms with Crippen LogP contribution in [0.2, 0.25) is 0 Å². The van der Waals surface area contributed by atoms with Crippen LogP contribution in [0.1, 0.15) is 10.4 Å². The maximum atomic E-state index is 13.3. The van der Waals surface area contributed by atoms with Crippen molar-refractivity contribution in [3.8, 4) is 0 Å². The lowest BCUT2D eigenvalue weighted by Crippen LogP contribution is -2.26. The Morgan fingerprint density at radius 3 is 2.60 bits per heavy atom. The molecule has 2 N–H and O–H groups in total. The standard InChI is InChI=1S/C13H15FN2O2S2/c1-9-3-4-19-13(9)8-16(2)20(17,18)12-6-10(14)5-11(15)7-12/h3-7H,8,15H2,1-2H3. The van der Waals surface area contributed by atoms with E-state index in [4.69, 9.17) is 5.73 Å². The summed E-state index contributed by atoms with van der Waals surface area (Å²) in [7, 11) is -2.29. The van der Waals surface area contributed by atoms with E-state index in [9.17, 15) is 12.8 Å². The fraction of sp³-hybridized carbons (Fsp3) is 0.231. The lowest BCUT2D eigenvalue weighted by molar-refractivity contribution is 0.468. The molecule has 7 heteroatoms. The Hall–Kier alpha value is -1.44. The zero-order valence-corrected chi connectivity index (χ0v) is 12.8. The van der Waals surface area contributed by atoms with E-state index in [-0.39, 0.29) is 17.1 Å². The quantitative estimate of drug-likeness (QED) is 0.882. The average molecular weight is 314 g/mol. The van der Waals surface area contributed by atoms with Gasteiger partial charge in [-0.05, 0) is 42.1 Å². The molecule has 0 spiro atoms. The van der Waals surface area contributed by atoms with Crippen LogP contribution in [0.3, 0.4) is 0 Å². The van der Waals surface area contributed by atoms with Crippen LogP contribution in [-0.2, 0) is 16.6 Å². The van der Waals surface area contributed by atoms with Crippen molar-refractivity contribution in [2.75, 3.05) is 12.8 Å². The fourth-order valence-electron chi connectivity index (χ4n) is 1.77. The van der Waals surface area contributed by atoms with E-state index < -0.39 is 15.8 Å². The second-order valence-corrected chi connectivity index (χ2v) is 7.55. The first-order chi connectivity index (χ1) is 9.30. The molecule has 1 heterocycles. The van der Waals surface area contributed by atoms with Crippen LogP contribution in [0, 0.1) is 12.7 Å². The van der Waals surface area contributed by atoms with Crippen LogP contribution >= 0.6 is 11.3 Å². The van der Waals surface area contributed by atoms with E-state index in [2.05, 4.69) is 0 Å². The number of thiophene rings is 1. The van der Waals surface area contributed by atoms with Gasteiger partial charge in [0.25, 0.3) is 0 Å². The monoisotopic (exact) mass is 314 g/mol. The van der Waals surface area contributed by atoms with Crippen LogP contribution < -0.4 is 5.73 Å². The number of nitrogen functional groups attached to an aromatic ring is 1. The highest BCUT2D eigenvalue weighted by molar-refractivity contribution is 7.89. The Morgan fingerprint density at radius 1 is 1.35 bits per heavy atom. The molecule has 0 aliphatic carbocycles. The molecule has 1 aromatic carbocycles. The number of sulfonamides is 1. The SMILES string of the molecule is Cc1ccsc1CN(C)S(=O)(=O)c1cc(N)cc(F)c1. The third kappa shape index (κ3) is 3.00. The number of aryl methyl sites for hydroxylation is 1. The average Bonchev–Trinajstić information content (AvgIpc) is 2.73. The van der Waals surface area contributed by atoms with Gasteiger partial charge < -0.3 is 5.73 Å². The maximum absolute atomic E-state index is 13.3. The molecular weight excluding hydrogens is 299 g/mol. The first-order valence-electron chi connectivity index (χ1n) is 5.86. The number of nitrogens with zero attached hydrogens (tertiary/aromatic N) is 1. The molecule has 0 unspecified atom stereocenters. The van der Waals surface area contributed by atoms with Crippen molar-refractivity contribution in [1.29, 1.82) is 0 Å². The molecule has 0 saturated heterocycles. The van der Waals surface area contributed by atoms with Gasteiger partial charge in [-0.25, -0.2) is 12.8 Å². The van der Waals surface area contributed by atoms with Gasteiger partial charge in [0.1, 0.15) is 5.82 Å². The van der Waals surface area contributed by atoms with Crippen molar-refractivity contribution in [1.82, 2.24) is 4.31 Å². The molecule has 0 bridgehead atoms. The number of halogens is 1. The molecule has 2 aromatic rings. The number of anilines is 1. The molecule has 0 saturated carbocycles. The van der Waals surface area contributed by atoms with Crippen molar-refractivity contribution in [2.45, 2.75) is 18.4 Å². The van der Waals surface area contributed by atoms with Gasteiger partial charge in [0.15, 0.2) is 0 Å². The van der Waals surface area contributed by atoms with Gasteiger partial charge in [-0.2, -0.15) is 4.31 Å². The molecule has 0 atom stereocenters. The molecule has 0 radical (unpaired) electrons. The zero-order chi connectivity index (χ0) is 14.9. The highest BCUT2D eigenvalue weighted by Gasteiger charge is 2.22. The first-order valence-corrected chi connectivity index (χ1v) is 8.18. The summed E-state index contributed by atoms with van der Waals surface area (Å²) in [4.78, 5) is 0.826. The van der Waals surface area contributed by atoms with Crippen molar-refractivity contribution >= 4 is 27.0 Å². The summed E-state index contributed by atoms with van der Waals surface area (Å²) < 4.78 is 39.3. The number of hydrogen-bond donors (Lipinski definition) is 1. The second kappa shape index (κ2) is 5.51. The Bertz CT molecular complexity index is 705.